The molecule has 2 aromatic heterocycles. The number of hydrogen-bond donors (Lipinski definition) is 1. The summed E-state index contributed by atoms with van der Waals surface area (Å²) in [7, 11) is 2.49. The molecule has 0 saturated carbocycles. The van der Waals surface area contributed by atoms with Crippen molar-refractivity contribution in [2.75, 3.05) is 19.5 Å². The summed E-state index contributed by atoms with van der Waals surface area (Å²) in [5.41, 5.74) is 3.78. The van der Waals surface area contributed by atoms with E-state index >= 15 is 0 Å². The third-order valence-electron chi connectivity index (χ3n) is 5.82. The number of rotatable bonds is 6. The molecular weight excluding hydrogens is 460 g/mol. The molecule has 0 aliphatic rings. The highest BCUT2D eigenvalue weighted by Crippen LogP contribution is 2.29. The van der Waals surface area contributed by atoms with Gasteiger partial charge in [-0.1, -0.05) is 24.3 Å². The van der Waals surface area contributed by atoms with Gasteiger partial charge in [-0.15, -0.1) is 0 Å². The van der Waals surface area contributed by atoms with Crippen LogP contribution in [0.3, 0.4) is 0 Å². The Morgan fingerprint density at radius 2 is 1.67 bits per heavy atom. The van der Waals surface area contributed by atoms with Gasteiger partial charge in [-0.25, -0.2) is 19.3 Å². The van der Waals surface area contributed by atoms with Crippen LogP contribution in [0.5, 0.6) is 0 Å². The van der Waals surface area contributed by atoms with Crippen LogP contribution in [0.2, 0.25) is 0 Å². The summed E-state index contributed by atoms with van der Waals surface area (Å²) in [6.07, 6.45) is 1.60. The molecule has 1 N–H and O–H groups in total. The number of fused-ring (bicyclic) bond motifs is 1. The largest absolute Gasteiger partial charge is 0.465 e. The lowest BCUT2D eigenvalue weighted by atomic mass is 10.0. The molecule has 0 aliphatic carbocycles. The molecule has 0 spiro atoms. The summed E-state index contributed by atoms with van der Waals surface area (Å²) < 4.78 is 11.4. The summed E-state index contributed by atoms with van der Waals surface area (Å²) in [6, 6.07) is 13.7. The quantitative estimate of drug-likeness (QED) is 0.389. The zero-order chi connectivity index (χ0) is 26.0. The summed E-state index contributed by atoms with van der Waals surface area (Å²) in [4.78, 5) is 42.9. The molecular formula is C27H26N4O5. The number of pyridine rings is 1. The van der Waals surface area contributed by atoms with Crippen molar-refractivity contribution in [1.29, 1.82) is 0 Å². The van der Waals surface area contributed by atoms with Crippen LogP contribution in [-0.2, 0) is 9.47 Å². The maximum Gasteiger partial charge on any atom is 0.339 e. The molecule has 4 rings (SSSR count). The highest BCUT2D eigenvalue weighted by atomic mass is 16.5. The Hall–Kier alpha value is -4.53. The molecule has 0 aliphatic heterocycles. The van der Waals surface area contributed by atoms with Gasteiger partial charge in [0, 0.05) is 11.6 Å². The fraction of sp³-hybridized carbons (Fsp3) is 0.222. The van der Waals surface area contributed by atoms with E-state index in [9.17, 15) is 14.4 Å². The van der Waals surface area contributed by atoms with Crippen molar-refractivity contribution in [2.24, 2.45) is 0 Å². The predicted octanol–water partition coefficient (Wildman–Crippen LogP) is 4.81. The van der Waals surface area contributed by atoms with Crippen molar-refractivity contribution in [1.82, 2.24) is 14.8 Å². The van der Waals surface area contributed by atoms with Gasteiger partial charge in [0.25, 0.3) is 5.91 Å². The van der Waals surface area contributed by atoms with E-state index in [0.29, 0.717) is 22.3 Å². The van der Waals surface area contributed by atoms with Gasteiger partial charge < -0.3 is 14.8 Å². The number of carbonyl (C=O) groups excluding carboxylic acids is 3. The van der Waals surface area contributed by atoms with Crippen LogP contribution < -0.4 is 5.32 Å². The van der Waals surface area contributed by atoms with Gasteiger partial charge in [0.15, 0.2) is 5.65 Å². The van der Waals surface area contributed by atoms with E-state index in [2.05, 4.69) is 10.4 Å². The Balaban J connectivity index is 1.87. The monoisotopic (exact) mass is 486 g/mol. The van der Waals surface area contributed by atoms with Crippen molar-refractivity contribution < 1.29 is 23.9 Å². The Kier molecular flexibility index (Phi) is 6.82. The molecule has 2 aromatic carbocycles. The Bertz CT molecular complexity index is 1490. The molecule has 0 fully saturated rings. The Labute approximate surface area is 208 Å². The van der Waals surface area contributed by atoms with Gasteiger partial charge >= 0.3 is 11.9 Å². The number of nitrogens with zero attached hydrogens (tertiary/aromatic N) is 3. The van der Waals surface area contributed by atoms with Crippen LogP contribution in [0.15, 0.2) is 54.7 Å². The van der Waals surface area contributed by atoms with Crippen molar-refractivity contribution in [3.8, 4) is 11.3 Å². The lowest BCUT2D eigenvalue weighted by Gasteiger charge is -2.14. The van der Waals surface area contributed by atoms with Crippen molar-refractivity contribution in [3.05, 3.63) is 77.0 Å². The first kappa shape index (κ1) is 24.6. The van der Waals surface area contributed by atoms with Crippen LogP contribution in [0.25, 0.3) is 22.3 Å². The van der Waals surface area contributed by atoms with Crippen molar-refractivity contribution >= 4 is 34.6 Å². The van der Waals surface area contributed by atoms with Crippen LogP contribution in [0, 0.1) is 6.92 Å². The number of aromatic nitrogens is 3. The fourth-order valence-electron chi connectivity index (χ4n) is 3.95. The SMILES string of the molecule is COC(=O)c1ccc(C(=O)OC)c(NC(=O)c2cc(-c3ccccc3C)nc3c2cnn3C(C)C)c1. The van der Waals surface area contributed by atoms with Crippen LogP contribution in [0.4, 0.5) is 5.69 Å². The lowest BCUT2D eigenvalue weighted by molar-refractivity contribution is 0.0587. The van der Waals surface area contributed by atoms with E-state index in [0.717, 1.165) is 11.1 Å². The zero-order valence-corrected chi connectivity index (χ0v) is 20.7. The number of nitrogens with one attached hydrogen (secondary N) is 1. The highest BCUT2D eigenvalue weighted by molar-refractivity contribution is 6.14. The first-order chi connectivity index (χ1) is 17.2. The first-order valence-corrected chi connectivity index (χ1v) is 11.3. The third kappa shape index (κ3) is 4.55. The van der Waals surface area contributed by atoms with Crippen LogP contribution in [-0.4, -0.2) is 46.8 Å². The number of aryl methyl sites for hydroxylation is 1. The number of amides is 1. The number of anilines is 1. The summed E-state index contributed by atoms with van der Waals surface area (Å²) >= 11 is 0. The standard InChI is InChI=1S/C27H26N4O5/c1-15(2)31-24-21(14-28-31)20(13-23(29-24)18-9-7-6-8-16(18)3)25(32)30-22-12-17(26(33)35-4)10-11-19(22)27(34)36-5/h6-15H,1-5H3,(H,30,32). The normalized spacial score (nSPS) is 10.9. The molecule has 0 bridgehead atoms. The number of esters is 2. The molecule has 2 heterocycles. The van der Waals surface area contributed by atoms with Gasteiger partial charge in [-0.05, 0) is 50.6 Å². The molecule has 0 radical (unpaired) electrons. The second kappa shape index (κ2) is 9.99. The number of methoxy groups -OCH3 is 2. The highest BCUT2D eigenvalue weighted by Gasteiger charge is 2.22. The maximum absolute atomic E-state index is 13.6. The molecule has 0 unspecified atom stereocenters. The first-order valence-electron chi connectivity index (χ1n) is 11.3. The van der Waals surface area contributed by atoms with Crippen LogP contribution >= 0.6 is 0 Å². The summed E-state index contributed by atoms with van der Waals surface area (Å²) in [5, 5.41) is 7.78. The van der Waals surface area contributed by atoms with Gasteiger partial charge in [0.05, 0.1) is 53.9 Å². The average molecular weight is 487 g/mol. The van der Waals surface area contributed by atoms with Crippen molar-refractivity contribution in [3.63, 3.8) is 0 Å². The maximum atomic E-state index is 13.6. The van der Waals surface area contributed by atoms with E-state index < -0.39 is 17.8 Å². The number of ether oxygens (including phenoxy) is 2. The average Bonchev–Trinajstić information content (AvgIpc) is 3.31. The van der Waals surface area contributed by atoms with Gasteiger partial charge in [0.2, 0.25) is 0 Å². The molecule has 4 aromatic rings. The minimum absolute atomic E-state index is 0.0145. The molecule has 0 atom stereocenters. The van der Waals surface area contributed by atoms with E-state index in [-0.39, 0.29) is 22.9 Å². The Morgan fingerprint density at radius 3 is 2.33 bits per heavy atom. The van der Waals surface area contributed by atoms with Crippen LogP contribution in [0.1, 0.15) is 56.5 Å². The number of carbonyl (C=O) groups is 3. The predicted molar refractivity (Wildman–Crippen MR) is 135 cm³/mol. The molecule has 36 heavy (non-hydrogen) atoms. The minimum atomic E-state index is -0.658. The van der Waals surface area contributed by atoms with E-state index in [1.165, 1.54) is 32.4 Å². The molecule has 9 heteroatoms. The topological polar surface area (TPSA) is 112 Å². The third-order valence-corrected chi connectivity index (χ3v) is 5.82. The van der Waals surface area contributed by atoms with Crippen molar-refractivity contribution in [2.45, 2.75) is 26.8 Å². The van der Waals surface area contributed by atoms with E-state index in [4.69, 9.17) is 14.5 Å². The number of hydrogen-bond acceptors (Lipinski definition) is 7. The second-order valence-corrected chi connectivity index (χ2v) is 8.49. The molecule has 0 saturated heterocycles. The molecule has 9 nitrogen and oxygen atoms in total. The smallest absolute Gasteiger partial charge is 0.339 e. The van der Waals surface area contributed by atoms with Gasteiger partial charge in [0.1, 0.15) is 0 Å². The summed E-state index contributed by atoms with van der Waals surface area (Å²) in [6.45, 7) is 5.94. The van der Waals surface area contributed by atoms with E-state index in [1.54, 1.807) is 16.9 Å². The zero-order valence-electron chi connectivity index (χ0n) is 20.7. The van der Waals surface area contributed by atoms with Gasteiger partial charge in [-0.3, -0.25) is 4.79 Å². The fourth-order valence-corrected chi connectivity index (χ4v) is 3.95. The molecule has 184 valence electrons. The molecule has 1 amide bonds. The number of benzene rings is 2. The minimum Gasteiger partial charge on any atom is -0.465 e. The second-order valence-electron chi connectivity index (χ2n) is 8.49. The van der Waals surface area contributed by atoms with E-state index in [1.807, 2.05) is 45.0 Å². The summed E-state index contributed by atoms with van der Waals surface area (Å²) in [5.74, 6) is -1.75. The lowest BCUT2D eigenvalue weighted by Crippen LogP contribution is -2.17. The van der Waals surface area contributed by atoms with Gasteiger partial charge in [-0.2, -0.15) is 5.10 Å². The Morgan fingerprint density at radius 1 is 0.944 bits per heavy atom.